The molecule has 1 aromatic heterocycles. The van der Waals surface area contributed by atoms with Crippen molar-refractivity contribution in [1.82, 2.24) is 4.98 Å². The molecule has 3 N–H and O–H groups in total. The zero-order valence-corrected chi connectivity index (χ0v) is 11.6. The second-order valence-corrected chi connectivity index (χ2v) is 4.94. The number of nitrogens with one attached hydrogen (secondary N) is 1. The van der Waals surface area contributed by atoms with Crippen LogP contribution in [0.5, 0.6) is 0 Å². The van der Waals surface area contributed by atoms with Gasteiger partial charge in [-0.2, -0.15) is 4.98 Å². The Morgan fingerprint density at radius 3 is 2.79 bits per heavy atom. The zero-order chi connectivity index (χ0) is 13.5. The quantitative estimate of drug-likeness (QED) is 0.552. The summed E-state index contributed by atoms with van der Waals surface area (Å²) in [6.07, 6.45) is 7.73. The average Bonchev–Trinajstić information content (AvgIpc) is 2.79. The number of nitrogen functional groups attached to an aromatic ring is 1. The Morgan fingerprint density at radius 1 is 1.16 bits per heavy atom. The number of benzene rings is 1. The molecule has 0 aliphatic rings. The summed E-state index contributed by atoms with van der Waals surface area (Å²) >= 11 is 0. The molecule has 4 heteroatoms. The molecular weight excluding hydrogens is 238 g/mol. The summed E-state index contributed by atoms with van der Waals surface area (Å²) in [7, 11) is 0. The van der Waals surface area contributed by atoms with Crippen LogP contribution in [0.15, 0.2) is 22.6 Å². The van der Waals surface area contributed by atoms with E-state index in [9.17, 15) is 0 Å². The summed E-state index contributed by atoms with van der Waals surface area (Å²) in [5.41, 5.74) is 8.01. The van der Waals surface area contributed by atoms with Crippen molar-refractivity contribution in [3.63, 3.8) is 0 Å². The molecule has 0 unspecified atom stereocenters. The van der Waals surface area contributed by atoms with Gasteiger partial charge in [0.25, 0.3) is 6.01 Å². The average molecular weight is 261 g/mol. The molecule has 1 heterocycles. The van der Waals surface area contributed by atoms with E-state index in [-0.39, 0.29) is 0 Å². The molecule has 0 amide bonds. The van der Waals surface area contributed by atoms with Crippen LogP contribution in [0.1, 0.15) is 45.4 Å². The number of rotatable bonds is 8. The number of hydrogen-bond acceptors (Lipinski definition) is 4. The van der Waals surface area contributed by atoms with Crippen LogP contribution < -0.4 is 11.1 Å². The molecule has 2 aromatic rings. The SMILES string of the molecule is CCCCCCCCNc1nc2cc(N)ccc2o1. The molecule has 19 heavy (non-hydrogen) atoms. The maximum Gasteiger partial charge on any atom is 0.295 e. The first kappa shape index (κ1) is 13.7. The molecule has 0 fully saturated rings. The highest BCUT2D eigenvalue weighted by Gasteiger charge is 2.04. The molecule has 0 atom stereocenters. The van der Waals surface area contributed by atoms with Gasteiger partial charge in [0.2, 0.25) is 0 Å². The fourth-order valence-corrected chi connectivity index (χ4v) is 2.12. The summed E-state index contributed by atoms with van der Waals surface area (Å²) in [5, 5.41) is 3.23. The van der Waals surface area contributed by atoms with Crippen LogP contribution in [0.3, 0.4) is 0 Å². The molecule has 0 aliphatic carbocycles. The van der Waals surface area contributed by atoms with E-state index in [1.54, 1.807) is 0 Å². The van der Waals surface area contributed by atoms with Crippen LogP contribution in [0.25, 0.3) is 11.1 Å². The van der Waals surface area contributed by atoms with E-state index in [4.69, 9.17) is 10.2 Å². The van der Waals surface area contributed by atoms with Crippen LogP contribution in [-0.4, -0.2) is 11.5 Å². The van der Waals surface area contributed by atoms with E-state index in [2.05, 4.69) is 17.2 Å². The minimum absolute atomic E-state index is 0.592. The number of anilines is 2. The van der Waals surface area contributed by atoms with Gasteiger partial charge in [-0.25, -0.2) is 0 Å². The number of nitrogens with two attached hydrogens (primary N) is 1. The molecule has 0 bridgehead atoms. The number of fused-ring (bicyclic) bond motifs is 1. The van der Waals surface area contributed by atoms with E-state index in [0.29, 0.717) is 11.7 Å². The van der Waals surface area contributed by atoms with Crippen molar-refractivity contribution in [1.29, 1.82) is 0 Å². The summed E-state index contributed by atoms with van der Waals surface area (Å²) in [6.45, 7) is 3.15. The van der Waals surface area contributed by atoms with Gasteiger partial charge in [0.05, 0.1) is 0 Å². The lowest BCUT2D eigenvalue weighted by Gasteiger charge is -2.01. The van der Waals surface area contributed by atoms with E-state index in [0.717, 1.165) is 24.1 Å². The van der Waals surface area contributed by atoms with Gasteiger partial charge in [-0.05, 0) is 24.6 Å². The molecule has 104 valence electrons. The lowest BCUT2D eigenvalue weighted by Crippen LogP contribution is -2.01. The van der Waals surface area contributed by atoms with Crippen LogP contribution in [0.2, 0.25) is 0 Å². The van der Waals surface area contributed by atoms with Gasteiger partial charge in [-0.3, -0.25) is 0 Å². The van der Waals surface area contributed by atoms with Crippen LogP contribution >= 0.6 is 0 Å². The first-order valence-electron chi connectivity index (χ1n) is 7.19. The molecule has 0 spiro atoms. The van der Waals surface area contributed by atoms with Gasteiger partial charge in [-0.15, -0.1) is 0 Å². The van der Waals surface area contributed by atoms with Crippen molar-refractivity contribution >= 4 is 22.8 Å². The highest BCUT2D eigenvalue weighted by Crippen LogP contribution is 2.20. The minimum atomic E-state index is 0.592. The number of nitrogens with zero attached hydrogens (tertiary/aromatic N) is 1. The van der Waals surface area contributed by atoms with Crippen molar-refractivity contribution in [3.8, 4) is 0 Å². The lowest BCUT2D eigenvalue weighted by atomic mass is 10.1. The van der Waals surface area contributed by atoms with Crippen molar-refractivity contribution < 1.29 is 4.42 Å². The third kappa shape index (κ3) is 4.16. The first-order valence-corrected chi connectivity index (χ1v) is 7.19. The van der Waals surface area contributed by atoms with Crippen LogP contribution in [-0.2, 0) is 0 Å². The standard InChI is InChI=1S/C15H23N3O/c1-2-3-4-5-6-7-10-17-15-18-13-11-12(16)8-9-14(13)19-15/h8-9,11H,2-7,10,16H2,1H3,(H,17,18). The van der Waals surface area contributed by atoms with E-state index in [1.165, 1.54) is 32.1 Å². The zero-order valence-electron chi connectivity index (χ0n) is 11.6. The molecule has 1 aromatic carbocycles. The maximum atomic E-state index is 5.71. The van der Waals surface area contributed by atoms with Gasteiger partial charge >= 0.3 is 0 Å². The van der Waals surface area contributed by atoms with Crippen molar-refractivity contribution in [3.05, 3.63) is 18.2 Å². The normalized spacial score (nSPS) is 11.0. The van der Waals surface area contributed by atoms with Crippen molar-refractivity contribution in [2.75, 3.05) is 17.6 Å². The number of oxazole rings is 1. The number of aromatic nitrogens is 1. The van der Waals surface area contributed by atoms with Crippen LogP contribution in [0, 0.1) is 0 Å². The Bertz CT molecular complexity index is 507. The highest BCUT2D eigenvalue weighted by atomic mass is 16.4. The van der Waals surface area contributed by atoms with Gasteiger partial charge in [0.1, 0.15) is 5.52 Å². The topological polar surface area (TPSA) is 64.1 Å². The summed E-state index contributed by atoms with van der Waals surface area (Å²) in [4.78, 5) is 4.36. The second-order valence-electron chi connectivity index (χ2n) is 4.94. The summed E-state index contributed by atoms with van der Waals surface area (Å²) in [5.74, 6) is 0. The van der Waals surface area contributed by atoms with Crippen molar-refractivity contribution in [2.24, 2.45) is 0 Å². The maximum absolute atomic E-state index is 5.71. The van der Waals surface area contributed by atoms with E-state index in [1.807, 2.05) is 18.2 Å². The third-order valence-electron chi connectivity index (χ3n) is 3.22. The second kappa shape index (κ2) is 7.02. The number of unbranched alkanes of at least 4 members (excludes halogenated alkanes) is 5. The monoisotopic (exact) mass is 261 g/mol. The summed E-state index contributed by atoms with van der Waals surface area (Å²) in [6, 6.07) is 6.10. The predicted octanol–water partition coefficient (Wildman–Crippen LogP) is 4.18. The largest absolute Gasteiger partial charge is 0.424 e. The van der Waals surface area contributed by atoms with Crippen molar-refractivity contribution in [2.45, 2.75) is 45.4 Å². The third-order valence-corrected chi connectivity index (χ3v) is 3.22. The predicted molar refractivity (Wildman–Crippen MR) is 80.3 cm³/mol. The number of hydrogen-bond donors (Lipinski definition) is 2. The van der Waals surface area contributed by atoms with E-state index >= 15 is 0 Å². The fourth-order valence-electron chi connectivity index (χ4n) is 2.12. The van der Waals surface area contributed by atoms with E-state index < -0.39 is 0 Å². The van der Waals surface area contributed by atoms with Gasteiger partial charge in [-0.1, -0.05) is 39.0 Å². The van der Waals surface area contributed by atoms with Gasteiger partial charge in [0.15, 0.2) is 5.58 Å². The summed E-state index contributed by atoms with van der Waals surface area (Å²) < 4.78 is 5.59. The fraction of sp³-hybridized carbons (Fsp3) is 0.533. The molecule has 0 radical (unpaired) electrons. The lowest BCUT2D eigenvalue weighted by molar-refractivity contribution is 0.594. The Hall–Kier alpha value is -1.71. The van der Waals surface area contributed by atoms with Crippen LogP contribution in [0.4, 0.5) is 11.7 Å². The highest BCUT2D eigenvalue weighted by molar-refractivity contribution is 5.78. The molecule has 0 saturated heterocycles. The Labute approximate surface area is 114 Å². The molecule has 0 aliphatic heterocycles. The Morgan fingerprint density at radius 2 is 1.95 bits per heavy atom. The molecule has 2 rings (SSSR count). The molecule has 4 nitrogen and oxygen atoms in total. The molecular formula is C15H23N3O. The van der Waals surface area contributed by atoms with Gasteiger partial charge < -0.3 is 15.5 Å². The minimum Gasteiger partial charge on any atom is -0.424 e. The Kier molecular flexibility index (Phi) is 5.07. The van der Waals surface area contributed by atoms with Gasteiger partial charge in [0, 0.05) is 12.2 Å². The molecule has 0 saturated carbocycles. The Balaban J connectivity index is 1.72. The first-order chi connectivity index (χ1) is 9.29. The smallest absolute Gasteiger partial charge is 0.295 e.